The first kappa shape index (κ1) is 17.8. The van der Waals surface area contributed by atoms with Gasteiger partial charge < -0.3 is 10.2 Å². The summed E-state index contributed by atoms with van der Waals surface area (Å²) in [5, 5.41) is 4.06. The van der Waals surface area contributed by atoms with Gasteiger partial charge in [0.25, 0.3) is 0 Å². The SMILES string of the molecule is O=C(/C=C/c1ccc(Cl)cc1Cl)Nc1ccccc1N1CCCCC1. The van der Waals surface area contributed by atoms with Crippen LogP contribution in [0.2, 0.25) is 10.0 Å². The summed E-state index contributed by atoms with van der Waals surface area (Å²) in [4.78, 5) is 14.6. The quantitative estimate of drug-likeness (QED) is 0.702. The van der Waals surface area contributed by atoms with Crippen LogP contribution in [0.25, 0.3) is 6.08 Å². The summed E-state index contributed by atoms with van der Waals surface area (Å²) in [6.45, 7) is 2.06. The number of nitrogens with one attached hydrogen (secondary N) is 1. The molecule has 1 aliphatic heterocycles. The Hall–Kier alpha value is -1.97. The van der Waals surface area contributed by atoms with Crippen LogP contribution in [0.5, 0.6) is 0 Å². The van der Waals surface area contributed by atoms with E-state index >= 15 is 0 Å². The van der Waals surface area contributed by atoms with Crippen LogP contribution in [-0.2, 0) is 4.79 Å². The van der Waals surface area contributed by atoms with Gasteiger partial charge >= 0.3 is 0 Å². The fraction of sp³-hybridized carbons (Fsp3) is 0.250. The zero-order valence-corrected chi connectivity index (χ0v) is 15.4. The zero-order valence-electron chi connectivity index (χ0n) is 13.8. The zero-order chi connectivity index (χ0) is 17.6. The Morgan fingerprint density at radius 3 is 2.56 bits per heavy atom. The van der Waals surface area contributed by atoms with Gasteiger partial charge in [-0.15, -0.1) is 0 Å². The van der Waals surface area contributed by atoms with Crippen LogP contribution in [0.3, 0.4) is 0 Å². The van der Waals surface area contributed by atoms with Crippen molar-refractivity contribution in [2.75, 3.05) is 23.3 Å². The van der Waals surface area contributed by atoms with E-state index in [1.54, 1.807) is 24.3 Å². The molecule has 1 aliphatic rings. The number of carbonyl (C=O) groups excluding carboxylic acids is 1. The first-order chi connectivity index (χ1) is 12.1. The molecule has 0 saturated carbocycles. The van der Waals surface area contributed by atoms with E-state index < -0.39 is 0 Å². The molecule has 130 valence electrons. The van der Waals surface area contributed by atoms with E-state index in [0.29, 0.717) is 10.0 Å². The third-order valence-corrected chi connectivity index (χ3v) is 4.80. The fourth-order valence-corrected chi connectivity index (χ4v) is 3.44. The second-order valence-electron chi connectivity index (χ2n) is 6.05. The highest BCUT2D eigenvalue weighted by Crippen LogP contribution is 2.28. The number of rotatable bonds is 4. The second-order valence-corrected chi connectivity index (χ2v) is 6.90. The van der Waals surface area contributed by atoms with Crippen LogP contribution in [0.1, 0.15) is 24.8 Å². The molecule has 2 aromatic rings. The Bertz CT molecular complexity index is 783. The molecule has 1 N–H and O–H groups in total. The predicted molar refractivity (Wildman–Crippen MR) is 107 cm³/mol. The number of anilines is 2. The Morgan fingerprint density at radius 2 is 1.80 bits per heavy atom. The standard InChI is InChI=1S/C20H20Cl2N2O/c21-16-10-8-15(17(22)14-16)9-11-20(25)23-18-6-2-3-7-19(18)24-12-4-1-5-13-24/h2-3,6-11,14H,1,4-5,12-13H2,(H,23,25)/b11-9+. The summed E-state index contributed by atoms with van der Waals surface area (Å²) < 4.78 is 0. The molecule has 5 heteroatoms. The van der Waals surface area contributed by atoms with Gasteiger partial charge in [-0.1, -0.05) is 41.4 Å². The van der Waals surface area contributed by atoms with E-state index in [9.17, 15) is 4.79 Å². The fourth-order valence-electron chi connectivity index (χ4n) is 2.97. The first-order valence-electron chi connectivity index (χ1n) is 8.41. The maximum atomic E-state index is 12.3. The molecule has 0 aromatic heterocycles. The molecule has 3 rings (SSSR count). The monoisotopic (exact) mass is 374 g/mol. The van der Waals surface area contributed by atoms with Crippen molar-refractivity contribution in [1.82, 2.24) is 0 Å². The van der Waals surface area contributed by atoms with E-state index in [1.807, 2.05) is 18.2 Å². The van der Waals surface area contributed by atoms with Crippen molar-refractivity contribution in [3.63, 3.8) is 0 Å². The highest BCUT2D eigenvalue weighted by molar-refractivity contribution is 6.35. The number of para-hydroxylation sites is 2. The van der Waals surface area contributed by atoms with Crippen molar-refractivity contribution in [2.45, 2.75) is 19.3 Å². The van der Waals surface area contributed by atoms with E-state index in [2.05, 4.69) is 16.3 Å². The van der Waals surface area contributed by atoms with Crippen LogP contribution < -0.4 is 10.2 Å². The lowest BCUT2D eigenvalue weighted by atomic mass is 10.1. The minimum Gasteiger partial charge on any atom is -0.370 e. The van der Waals surface area contributed by atoms with Gasteiger partial charge in [0, 0.05) is 29.2 Å². The summed E-state index contributed by atoms with van der Waals surface area (Å²) in [5.41, 5.74) is 2.67. The topological polar surface area (TPSA) is 32.3 Å². The van der Waals surface area contributed by atoms with Crippen molar-refractivity contribution in [1.29, 1.82) is 0 Å². The molecule has 0 spiro atoms. The largest absolute Gasteiger partial charge is 0.370 e. The molecule has 1 amide bonds. The van der Waals surface area contributed by atoms with Gasteiger partial charge in [-0.2, -0.15) is 0 Å². The van der Waals surface area contributed by atoms with Gasteiger partial charge in [0.1, 0.15) is 0 Å². The summed E-state index contributed by atoms with van der Waals surface area (Å²) in [6.07, 6.45) is 6.84. The third-order valence-electron chi connectivity index (χ3n) is 4.24. The number of hydrogen-bond acceptors (Lipinski definition) is 2. The van der Waals surface area contributed by atoms with Gasteiger partial charge in [0.05, 0.1) is 11.4 Å². The van der Waals surface area contributed by atoms with Crippen molar-refractivity contribution in [3.8, 4) is 0 Å². The number of hydrogen-bond donors (Lipinski definition) is 1. The van der Waals surface area contributed by atoms with Crippen molar-refractivity contribution in [2.24, 2.45) is 0 Å². The van der Waals surface area contributed by atoms with E-state index in [-0.39, 0.29) is 5.91 Å². The summed E-state index contributed by atoms with van der Waals surface area (Å²) in [6, 6.07) is 13.1. The van der Waals surface area contributed by atoms with Gasteiger partial charge in [0.2, 0.25) is 5.91 Å². The Kier molecular flexibility index (Phi) is 6.00. The highest BCUT2D eigenvalue weighted by Gasteiger charge is 2.14. The summed E-state index contributed by atoms with van der Waals surface area (Å²) >= 11 is 12.0. The van der Waals surface area contributed by atoms with Crippen LogP contribution in [0.4, 0.5) is 11.4 Å². The number of halogens is 2. The molecular weight excluding hydrogens is 355 g/mol. The number of piperidine rings is 1. The number of benzene rings is 2. The normalized spacial score (nSPS) is 14.7. The molecule has 0 radical (unpaired) electrons. The summed E-state index contributed by atoms with van der Waals surface area (Å²) in [5.74, 6) is -0.185. The van der Waals surface area contributed by atoms with Crippen LogP contribution >= 0.6 is 23.2 Å². The second kappa shape index (κ2) is 8.41. The molecule has 3 nitrogen and oxygen atoms in total. The number of amides is 1. The van der Waals surface area contributed by atoms with Gasteiger partial charge in [-0.25, -0.2) is 0 Å². The van der Waals surface area contributed by atoms with Crippen molar-refractivity contribution < 1.29 is 4.79 Å². The van der Waals surface area contributed by atoms with Crippen molar-refractivity contribution >= 4 is 46.6 Å². The first-order valence-corrected chi connectivity index (χ1v) is 9.17. The lowest BCUT2D eigenvalue weighted by molar-refractivity contribution is -0.111. The smallest absolute Gasteiger partial charge is 0.248 e. The molecule has 0 atom stereocenters. The van der Waals surface area contributed by atoms with E-state index in [1.165, 1.54) is 25.3 Å². The van der Waals surface area contributed by atoms with Crippen LogP contribution in [0.15, 0.2) is 48.5 Å². The highest BCUT2D eigenvalue weighted by atomic mass is 35.5. The molecule has 1 heterocycles. The molecule has 2 aromatic carbocycles. The lowest BCUT2D eigenvalue weighted by Crippen LogP contribution is -2.30. The number of nitrogens with zero attached hydrogens (tertiary/aromatic N) is 1. The Labute approximate surface area is 158 Å². The third kappa shape index (κ3) is 4.77. The molecule has 0 bridgehead atoms. The molecule has 1 fully saturated rings. The van der Waals surface area contributed by atoms with E-state index in [4.69, 9.17) is 23.2 Å². The minimum absolute atomic E-state index is 0.185. The van der Waals surface area contributed by atoms with Gasteiger partial charge in [-0.05, 0) is 55.2 Å². The number of carbonyl (C=O) groups is 1. The average molecular weight is 375 g/mol. The van der Waals surface area contributed by atoms with Crippen LogP contribution in [0, 0.1) is 0 Å². The minimum atomic E-state index is -0.185. The molecule has 25 heavy (non-hydrogen) atoms. The maximum Gasteiger partial charge on any atom is 0.248 e. The lowest BCUT2D eigenvalue weighted by Gasteiger charge is -2.30. The van der Waals surface area contributed by atoms with Crippen molar-refractivity contribution in [3.05, 3.63) is 64.1 Å². The molecule has 0 aliphatic carbocycles. The van der Waals surface area contributed by atoms with E-state index in [0.717, 1.165) is 30.0 Å². The Morgan fingerprint density at radius 1 is 1.04 bits per heavy atom. The van der Waals surface area contributed by atoms with Crippen LogP contribution in [-0.4, -0.2) is 19.0 Å². The van der Waals surface area contributed by atoms with Gasteiger partial charge in [0.15, 0.2) is 0 Å². The Balaban J connectivity index is 1.71. The molecule has 0 unspecified atom stereocenters. The average Bonchev–Trinajstić information content (AvgIpc) is 2.62. The van der Waals surface area contributed by atoms with Gasteiger partial charge in [-0.3, -0.25) is 4.79 Å². The molecule has 1 saturated heterocycles. The summed E-state index contributed by atoms with van der Waals surface area (Å²) in [7, 11) is 0. The maximum absolute atomic E-state index is 12.3. The molecular formula is C20H20Cl2N2O. The predicted octanol–water partition coefficient (Wildman–Crippen LogP) is 5.64.